The minimum Gasteiger partial charge on any atom is -0.507 e. The predicted octanol–water partition coefficient (Wildman–Crippen LogP) is 2.45. The van der Waals surface area contributed by atoms with E-state index in [2.05, 4.69) is 13.8 Å². The molecule has 1 aromatic rings. The van der Waals surface area contributed by atoms with Crippen molar-refractivity contribution in [1.29, 1.82) is 0 Å². The van der Waals surface area contributed by atoms with Gasteiger partial charge in [-0.3, -0.25) is 0 Å². The van der Waals surface area contributed by atoms with Crippen LogP contribution in [0.5, 0.6) is 11.5 Å². The van der Waals surface area contributed by atoms with Crippen LogP contribution < -0.4 is 10.5 Å². The van der Waals surface area contributed by atoms with E-state index in [0.717, 1.165) is 6.42 Å². The maximum absolute atomic E-state index is 9.78. The molecule has 0 saturated heterocycles. The summed E-state index contributed by atoms with van der Waals surface area (Å²) in [4.78, 5) is 0. The highest BCUT2D eigenvalue weighted by Gasteiger charge is 2.20. The Kier molecular flexibility index (Phi) is 3.97. The molecule has 2 atom stereocenters. The van der Waals surface area contributed by atoms with Crippen molar-refractivity contribution in [2.24, 2.45) is 11.7 Å². The highest BCUT2D eigenvalue weighted by atomic mass is 16.5. The van der Waals surface area contributed by atoms with Crippen molar-refractivity contribution in [3.63, 3.8) is 0 Å². The number of rotatable bonds is 4. The number of hydrogen-bond acceptors (Lipinski definition) is 3. The summed E-state index contributed by atoms with van der Waals surface area (Å²) >= 11 is 0. The van der Waals surface area contributed by atoms with Crippen molar-refractivity contribution in [3.05, 3.63) is 23.8 Å². The molecule has 0 aliphatic carbocycles. The average Bonchev–Trinajstić information content (AvgIpc) is 2.26. The van der Waals surface area contributed by atoms with Crippen LogP contribution in [0.3, 0.4) is 0 Å². The molecule has 0 aliphatic heterocycles. The second-order valence-corrected chi connectivity index (χ2v) is 3.80. The van der Waals surface area contributed by atoms with Crippen molar-refractivity contribution in [2.45, 2.75) is 26.3 Å². The zero-order chi connectivity index (χ0) is 11.4. The van der Waals surface area contributed by atoms with Crippen molar-refractivity contribution in [2.75, 3.05) is 7.11 Å². The van der Waals surface area contributed by atoms with E-state index in [1.165, 1.54) is 0 Å². The monoisotopic (exact) mass is 209 g/mol. The molecular formula is C12H19NO2. The molecule has 15 heavy (non-hydrogen) atoms. The second kappa shape index (κ2) is 5.03. The lowest BCUT2D eigenvalue weighted by atomic mass is 9.92. The van der Waals surface area contributed by atoms with Gasteiger partial charge in [0.1, 0.15) is 11.5 Å². The van der Waals surface area contributed by atoms with Crippen molar-refractivity contribution < 1.29 is 9.84 Å². The SMILES string of the molecule is CCC(C)[C@@H](N)c1c(O)cccc1OC. The van der Waals surface area contributed by atoms with Crippen LogP contribution in [-0.2, 0) is 0 Å². The van der Waals surface area contributed by atoms with Crippen molar-refractivity contribution >= 4 is 0 Å². The van der Waals surface area contributed by atoms with Crippen LogP contribution in [0.2, 0.25) is 0 Å². The molecule has 0 fully saturated rings. The standard InChI is InChI=1S/C12H19NO2/c1-4-8(2)12(13)11-9(14)6-5-7-10(11)15-3/h5-8,12,14H,4,13H2,1-3H3/t8?,12-/m1/s1. The molecule has 0 saturated carbocycles. The summed E-state index contributed by atoms with van der Waals surface area (Å²) < 4.78 is 5.20. The molecule has 84 valence electrons. The molecule has 0 heterocycles. The molecule has 1 rings (SSSR count). The maximum atomic E-state index is 9.78. The quantitative estimate of drug-likeness (QED) is 0.800. The average molecular weight is 209 g/mol. The Labute approximate surface area is 90.9 Å². The first-order valence-corrected chi connectivity index (χ1v) is 5.23. The van der Waals surface area contributed by atoms with Gasteiger partial charge in [0.05, 0.1) is 12.7 Å². The topological polar surface area (TPSA) is 55.5 Å². The fourth-order valence-corrected chi connectivity index (χ4v) is 1.58. The molecular weight excluding hydrogens is 190 g/mol. The maximum Gasteiger partial charge on any atom is 0.127 e. The summed E-state index contributed by atoms with van der Waals surface area (Å²) in [6, 6.07) is 5.02. The first-order chi connectivity index (χ1) is 7.11. The zero-order valence-corrected chi connectivity index (χ0v) is 9.53. The van der Waals surface area contributed by atoms with Crippen LogP contribution in [0, 0.1) is 5.92 Å². The Morgan fingerprint density at radius 3 is 2.67 bits per heavy atom. The first kappa shape index (κ1) is 11.9. The van der Waals surface area contributed by atoms with E-state index in [1.54, 1.807) is 19.2 Å². The van der Waals surface area contributed by atoms with Gasteiger partial charge in [-0.1, -0.05) is 26.3 Å². The minimum atomic E-state index is -0.189. The van der Waals surface area contributed by atoms with Gasteiger partial charge < -0.3 is 15.6 Å². The van der Waals surface area contributed by atoms with Crippen LogP contribution in [0.4, 0.5) is 0 Å². The Bertz CT molecular complexity index is 325. The minimum absolute atomic E-state index is 0.189. The summed E-state index contributed by atoms with van der Waals surface area (Å²) in [5.41, 5.74) is 6.79. The van der Waals surface area contributed by atoms with Gasteiger partial charge in [0.2, 0.25) is 0 Å². The third kappa shape index (κ3) is 2.42. The third-order valence-electron chi connectivity index (χ3n) is 2.85. The van der Waals surface area contributed by atoms with Gasteiger partial charge in [0.25, 0.3) is 0 Å². The molecule has 0 aromatic heterocycles. The largest absolute Gasteiger partial charge is 0.507 e. The molecule has 3 heteroatoms. The van der Waals surface area contributed by atoms with E-state index < -0.39 is 0 Å². The Balaban J connectivity index is 3.10. The van der Waals surface area contributed by atoms with Crippen LogP contribution in [0.1, 0.15) is 31.9 Å². The first-order valence-electron chi connectivity index (χ1n) is 5.23. The van der Waals surface area contributed by atoms with Crippen LogP contribution in [-0.4, -0.2) is 12.2 Å². The van der Waals surface area contributed by atoms with E-state index >= 15 is 0 Å². The second-order valence-electron chi connectivity index (χ2n) is 3.80. The Morgan fingerprint density at radius 1 is 1.47 bits per heavy atom. The van der Waals surface area contributed by atoms with E-state index in [0.29, 0.717) is 17.2 Å². The van der Waals surface area contributed by atoms with Gasteiger partial charge in [-0.15, -0.1) is 0 Å². The molecule has 0 spiro atoms. The number of aromatic hydroxyl groups is 1. The van der Waals surface area contributed by atoms with E-state index in [9.17, 15) is 5.11 Å². The normalized spacial score (nSPS) is 14.7. The van der Waals surface area contributed by atoms with E-state index in [4.69, 9.17) is 10.5 Å². The lowest BCUT2D eigenvalue weighted by molar-refractivity contribution is 0.372. The summed E-state index contributed by atoms with van der Waals surface area (Å²) in [5.74, 6) is 1.18. The highest BCUT2D eigenvalue weighted by molar-refractivity contribution is 5.46. The molecule has 0 bridgehead atoms. The van der Waals surface area contributed by atoms with Gasteiger partial charge >= 0.3 is 0 Å². The smallest absolute Gasteiger partial charge is 0.127 e. The number of phenolic OH excluding ortho intramolecular Hbond substituents is 1. The molecule has 0 amide bonds. The number of phenols is 1. The van der Waals surface area contributed by atoms with Gasteiger partial charge in [-0.2, -0.15) is 0 Å². The summed E-state index contributed by atoms with van der Waals surface area (Å²) in [5, 5.41) is 9.78. The van der Waals surface area contributed by atoms with E-state index in [-0.39, 0.29) is 11.8 Å². The van der Waals surface area contributed by atoms with Gasteiger partial charge in [-0.05, 0) is 18.1 Å². The number of methoxy groups -OCH3 is 1. The lowest BCUT2D eigenvalue weighted by Crippen LogP contribution is -2.19. The molecule has 0 aliphatic rings. The number of nitrogens with two attached hydrogens (primary N) is 1. The molecule has 3 nitrogen and oxygen atoms in total. The zero-order valence-electron chi connectivity index (χ0n) is 9.53. The van der Waals surface area contributed by atoms with Gasteiger partial charge in [-0.25, -0.2) is 0 Å². The lowest BCUT2D eigenvalue weighted by Gasteiger charge is -2.21. The van der Waals surface area contributed by atoms with Gasteiger partial charge in [0, 0.05) is 6.04 Å². The van der Waals surface area contributed by atoms with Crippen molar-refractivity contribution in [1.82, 2.24) is 0 Å². The molecule has 1 aromatic carbocycles. The van der Waals surface area contributed by atoms with Crippen LogP contribution >= 0.6 is 0 Å². The van der Waals surface area contributed by atoms with Crippen LogP contribution in [0.15, 0.2) is 18.2 Å². The van der Waals surface area contributed by atoms with Crippen molar-refractivity contribution in [3.8, 4) is 11.5 Å². The Morgan fingerprint density at radius 2 is 2.13 bits per heavy atom. The fourth-order valence-electron chi connectivity index (χ4n) is 1.58. The molecule has 1 unspecified atom stereocenters. The molecule has 0 radical (unpaired) electrons. The Hall–Kier alpha value is -1.22. The predicted molar refractivity (Wildman–Crippen MR) is 61.0 cm³/mol. The fraction of sp³-hybridized carbons (Fsp3) is 0.500. The third-order valence-corrected chi connectivity index (χ3v) is 2.85. The highest BCUT2D eigenvalue weighted by Crippen LogP contribution is 2.36. The van der Waals surface area contributed by atoms with Gasteiger partial charge in [0.15, 0.2) is 0 Å². The summed E-state index contributed by atoms with van der Waals surface area (Å²) in [7, 11) is 1.58. The number of ether oxygens (including phenoxy) is 1. The molecule has 3 N–H and O–H groups in total. The number of hydrogen-bond donors (Lipinski definition) is 2. The summed E-state index contributed by atoms with van der Waals surface area (Å²) in [6.45, 7) is 4.15. The van der Waals surface area contributed by atoms with E-state index in [1.807, 2.05) is 6.07 Å². The number of benzene rings is 1. The van der Waals surface area contributed by atoms with Crippen LogP contribution in [0.25, 0.3) is 0 Å². The summed E-state index contributed by atoms with van der Waals surface area (Å²) in [6.07, 6.45) is 0.971.